The average Bonchev–Trinajstić information content (AvgIpc) is 2.50. The zero-order valence-electron chi connectivity index (χ0n) is 12.9. The van der Waals surface area contributed by atoms with Crippen LogP contribution in [0.15, 0.2) is 0 Å². The molecule has 1 fully saturated rings. The van der Waals surface area contributed by atoms with E-state index in [0.29, 0.717) is 19.4 Å². The van der Waals surface area contributed by atoms with Crippen LogP contribution in [0.2, 0.25) is 0 Å². The largest absolute Gasteiger partial charge is 0.480 e. The summed E-state index contributed by atoms with van der Waals surface area (Å²) in [6.07, 6.45) is 2.86. The number of nitrogens with zero attached hydrogens (tertiary/aromatic N) is 2. The summed E-state index contributed by atoms with van der Waals surface area (Å²) in [4.78, 5) is 38.2. The second kappa shape index (κ2) is 7.85. The number of carbonyl (C=O) groups excluding carboxylic acids is 2. The lowest BCUT2D eigenvalue weighted by atomic mass is 10.0. The number of urea groups is 1. The molecule has 0 radical (unpaired) electrons. The van der Waals surface area contributed by atoms with E-state index in [1.807, 2.05) is 6.92 Å². The zero-order chi connectivity index (χ0) is 16.0. The Kier molecular flexibility index (Phi) is 6.45. The highest BCUT2D eigenvalue weighted by molar-refractivity contribution is 5.86. The standard InChI is InChI=1S/C14H24N2O5/c1-4-10(2)16(9-12(17)18)14(20)15-8-6-5-7-11(15)13(19)21-3/h10-11H,4-9H2,1-3H3,(H,17,18). The fraction of sp³-hybridized carbons (Fsp3) is 0.786. The van der Waals surface area contributed by atoms with Gasteiger partial charge >= 0.3 is 18.0 Å². The Labute approximate surface area is 124 Å². The number of rotatable bonds is 5. The molecule has 2 amide bonds. The molecule has 0 bridgehead atoms. The van der Waals surface area contributed by atoms with Crippen LogP contribution in [-0.2, 0) is 14.3 Å². The first-order valence-electron chi connectivity index (χ1n) is 7.29. The normalized spacial score (nSPS) is 19.8. The third-order valence-electron chi connectivity index (χ3n) is 3.90. The Morgan fingerprint density at radius 2 is 2.05 bits per heavy atom. The third kappa shape index (κ3) is 4.34. The van der Waals surface area contributed by atoms with Gasteiger partial charge < -0.3 is 19.6 Å². The van der Waals surface area contributed by atoms with Crippen LogP contribution in [0.1, 0.15) is 39.5 Å². The van der Waals surface area contributed by atoms with E-state index in [9.17, 15) is 14.4 Å². The number of methoxy groups -OCH3 is 1. The highest BCUT2D eigenvalue weighted by Crippen LogP contribution is 2.21. The molecule has 2 atom stereocenters. The minimum absolute atomic E-state index is 0.200. The molecule has 0 aromatic rings. The summed E-state index contributed by atoms with van der Waals surface area (Å²) in [6, 6.07) is -1.22. The molecule has 1 rings (SSSR count). The Bertz CT molecular complexity index is 399. The summed E-state index contributed by atoms with van der Waals surface area (Å²) in [5.41, 5.74) is 0. The van der Waals surface area contributed by atoms with Gasteiger partial charge in [0, 0.05) is 12.6 Å². The Morgan fingerprint density at radius 3 is 2.57 bits per heavy atom. The van der Waals surface area contributed by atoms with Crippen LogP contribution in [0.5, 0.6) is 0 Å². The van der Waals surface area contributed by atoms with Crippen molar-refractivity contribution in [2.75, 3.05) is 20.2 Å². The van der Waals surface area contributed by atoms with E-state index in [1.54, 1.807) is 6.92 Å². The Morgan fingerprint density at radius 1 is 1.38 bits per heavy atom. The molecular formula is C14H24N2O5. The van der Waals surface area contributed by atoms with Crippen LogP contribution in [0, 0.1) is 0 Å². The quantitative estimate of drug-likeness (QED) is 0.774. The first-order valence-corrected chi connectivity index (χ1v) is 7.29. The highest BCUT2D eigenvalue weighted by atomic mass is 16.5. The van der Waals surface area contributed by atoms with Crippen molar-refractivity contribution in [3.8, 4) is 0 Å². The second-order valence-corrected chi connectivity index (χ2v) is 5.29. The van der Waals surface area contributed by atoms with Crippen molar-refractivity contribution in [1.82, 2.24) is 9.80 Å². The molecule has 120 valence electrons. The lowest BCUT2D eigenvalue weighted by Gasteiger charge is -2.38. The molecule has 7 heteroatoms. The van der Waals surface area contributed by atoms with Gasteiger partial charge in [0.1, 0.15) is 12.6 Å². The van der Waals surface area contributed by atoms with Gasteiger partial charge in [-0.25, -0.2) is 9.59 Å². The Balaban J connectivity index is 2.93. The molecule has 2 unspecified atom stereocenters. The summed E-state index contributed by atoms with van der Waals surface area (Å²) in [7, 11) is 1.29. The molecule has 0 aromatic carbocycles. The van der Waals surface area contributed by atoms with E-state index >= 15 is 0 Å². The van der Waals surface area contributed by atoms with Gasteiger partial charge in [-0.3, -0.25) is 4.79 Å². The smallest absolute Gasteiger partial charge is 0.328 e. The summed E-state index contributed by atoms with van der Waals surface area (Å²) >= 11 is 0. The van der Waals surface area contributed by atoms with Gasteiger partial charge in [-0.05, 0) is 32.6 Å². The van der Waals surface area contributed by atoms with E-state index in [0.717, 1.165) is 12.8 Å². The van der Waals surface area contributed by atoms with Gasteiger partial charge in [0.25, 0.3) is 0 Å². The predicted molar refractivity (Wildman–Crippen MR) is 75.9 cm³/mol. The van der Waals surface area contributed by atoms with E-state index in [4.69, 9.17) is 9.84 Å². The molecule has 1 aliphatic rings. The summed E-state index contributed by atoms with van der Waals surface area (Å²) < 4.78 is 4.75. The number of carboxylic acids is 1. The predicted octanol–water partition coefficient (Wildman–Crippen LogP) is 1.32. The van der Waals surface area contributed by atoms with Crippen LogP contribution < -0.4 is 0 Å². The monoisotopic (exact) mass is 300 g/mol. The SMILES string of the molecule is CCC(C)N(CC(=O)O)C(=O)N1CCCCC1C(=O)OC. The molecule has 0 aromatic heterocycles. The third-order valence-corrected chi connectivity index (χ3v) is 3.90. The topological polar surface area (TPSA) is 87.2 Å². The summed E-state index contributed by atoms with van der Waals surface area (Å²) in [5, 5.41) is 8.99. The lowest BCUT2D eigenvalue weighted by Crippen LogP contribution is -2.56. The number of ether oxygens (including phenoxy) is 1. The number of likely N-dealkylation sites (tertiary alicyclic amines) is 1. The van der Waals surface area contributed by atoms with Gasteiger partial charge in [-0.2, -0.15) is 0 Å². The van der Waals surface area contributed by atoms with E-state index in [-0.39, 0.29) is 12.6 Å². The van der Waals surface area contributed by atoms with Crippen LogP contribution in [0.4, 0.5) is 4.79 Å². The first kappa shape index (κ1) is 17.3. The number of hydrogen-bond donors (Lipinski definition) is 1. The van der Waals surface area contributed by atoms with Gasteiger partial charge in [-0.1, -0.05) is 6.92 Å². The van der Waals surface area contributed by atoms with Crippen LogP contribution in [-0.4, -0.2) is 65.2 Å². The maximum absolute atomic E-state index is 12.6. The number of hydrogen-bond acceptors (Lipinski definition) is 4. The fourth-order valence-electron chi connectivity index (χ4n) is 2.48. The van der Waals surface area contributed by atoms with Gasteiger partial charge in [0.2, 0.25) is 0 Å². The van der Waals surface area contributed by atoms with Crippen LogP contribution in [0.3, 0.4) is 0 Å². The number of amides is 2. The highest BCUT2D eigenvalue weighted by Gasteiger charge is 2.36. The van der Waals surface area contributed by atoms with Crippen LogP contribution >= 0.6 is 0 Å². The van der Waals surface area contributed by atoms with Gasteiger partial charge in [0.15, 0.2) is 0 Å². The fourth-order valence-corrected chi connectivity index (χ4v) is 2.48. The molecule has 7 nitrogen and oxygen atoms in total. The van der Waals surface area contributed by atoms with Crippen molar-refractivity contribution in [3.05, 3.63) is 0 Å². The molecule has 1 N–H and O–H groups in total. The summed E-state index contributed by atoms with van der Waals surface area (Å²) in [5.74, 6) is -1.50. The number of aliphatic carboxylic acids is 1. The van der Waals surface area contributed by atoms with E-state index in [1.165, 1.54) is 16.9 Å². The average molecular weight is 300 g/mol. The minimum Gasteiger partial charge on any atom is -0.480 e. The second-order valence-electron chi connectivity index (χ2n) is 5.29. The van der Waals surface area contributed by atoms with E-state index < -0.39 is 24.0 Å². The van der Waals surface area contributed by atoms with Crippen molar-refractivity contribution in [2.45, 2.75) is 51.6 Å². The van der Waals surface area contributed by atoms with Crippen molar-refractivity contribution in [3.63, 3.8) is 0 Å². The molecule has 1 heterocycles. The number of esters is 1. The molecule has 1 saturated heterocycles. The van der Waals surface area contributed by atoms with Crippen molar-refractivity contribution in [2.24, 2.45) is 0 Å². The lowest BCUT2D eigenvalue weighted by molar-refractivity contribution is -0.147. The number of carbonyl (C=O) groups is 3. The molecule has 0 spiro atoms. The minimum atomic E-state index is -1.06. The number of piperidine rings is 1. The first-order chi connectivity index (χ1) is 9.92. The molecule has 1 aliphatic heterocycles. The summed E-state index contributed by atoms with van der Waals surface area (Å²) in [6.45, 7) is 3.78. The number of carboxylic acid groups (broad SMARTS) is 1. The molecule has 0 aliphatic carbocycles. The Hall–Kier alpha value is -1.79. The van der Waals surface area contributed by atoms with Crippen molar-refractivity contribution >= 4 is 18.0 Å². The van der Waals surface area contributed by atoms with Gasteiger partial charge in [-0.15, -0.1) is 0 Å². The molecule has 0 saturated carbocycles. The van der Waals surface area contributed by atoms with Crippen molar-refractivity contribution < 1.29 is 24.2 Å². The maximum atomic E-state index is 12.6. The zero-order valence-corrected chi connectivity index (χ0v) is 12.9. The van der Waals surface area contributed by atoms with Crippen molar-refractivity contribution in [1.29, 1.82) is 0 Å². The van der Waals surface area contributed by atoms with Crippen LogP contribution in [0.25, 0.3) is 0 Å². The van der Waals surface area contributed by atoms with Gasteiger partial charge in [0.05, 0.1) is 7.11 Å². The molecular weight excluding hydrogens is 276 g/mol. The maximum Gasteiger partial charge on any atom is 0.328 e. The van der Waals surface area contributed by atoms with E-state index in [2.05, 4.69) is 0 Å². The molecule has 21 heavy (non-hydrogen) atoms.